The maximum Gasteiger partial charge on any atom is 0.410 e. The van der Waals surface area contributed by atoms with Crippen LogP contribution in [-0.4, -0.2) is 55.6 Å². The minimum Gasteiger partial charge on any atom is -0.444 e. The molecule has 0 bridgehead atoms. The molecule has 2 rings (SSSR count). The van der Waals surface area contributed by atoms with E-state index in [1.165, 1.54) is 0 Å². The molecule has 1 atom stereocenters. The van der Waals surface area contributed by atoms with Crippen molar-refractivity contribution in [3.05, 3.63) is 0 Å². The molecule has 1 unspecified atom stereocenters. The summed E-state index contributed by atoms with van der Waals surface area (Å²) in [6, 6.07) is 0.249. The summed E-state index contributed by atoms with van der Waals surface area (Å²) >= 11 is 1.65. The Morgan fingerprint density at radius 2 is 2.18 bits per heavy atom. The van der Waals surface area contributed by atoms with Crippen molar-refractivity contribution in [2.24, 2.45) is 5.92 Å². The monoisotopic (exact) mass is 327 g/mol. The lowest BCUT2D eigenvalue weighted by Gasteiger charge is -2.24. The number of nitrogens with zero attached hydrogens (tertiary/aromatic N) is 5. The number of carbonyl (C=O) groups excluding carboxylic acids is 1. The standard InChI is InChI=1S/C14H25N5O2S/c1-10(2)19-12(15-16-17-19)22-9-11-6-7-18(8-11)13(20)21-14(3,4)5/h10-11H,6-9H2,1-5H3. The first-order chi connectivity index (χ1) is 10.3. The Balaban J connectivity index is 1.81. The van der Waals surface area contributed by atoms with Crippen LogP contribution >= 0.6 is 11.8 Å². The van der Waals surface area contributed by atoms with Gasteiger partial charge in [0, 0.05) is 18.8 Å². The quantitative estimate of drug-likeness (QED) is 0.792. The van der Waals surface area contributed by atoms with Gasteiger partial charge in [0.1, 0.15) is 5.60 Å². The van der Waals surface area contributed by atoms with Crippen molar-refractivity contribution in [2.75, 3.05) is 18.8 Å². The van der Waals surface area contributed by atoms with Gasteiger partial charge in [-0.25, -0.2) is 9.48 Å². The van der Waals surface area contributed by atoms with E-state index in [-0.39, 0.29) is 12.1 Å². The molecular weight excluding hydrogens is 302 g/mol. The van der Waals surface area contributed by atoms with Gasteiger partial charge in [-0.1, -0.05) is 11.8 Å². The van der Waals surface area contributed by atoms with Crippen molar-refractivity contribution >= 4 is 17.9 Å². The van der Waals surface area contributed by atoms with Gasteiger partial charge in [0.25, 0.3) is 0 Å². The van der Waals surface area contributed by atoms with E-state index in [1.807, 2.05) is 25.5 Å². The van der Waals surface area contributed by atoms with Crippen molar-refractivity contribution in [3.63, 3.8) is 0 Å². The third kappa shape index (κ3) is 4.59. The number of hydrogen-bond acceptors (Lipinski definition) is 6. The zero-order valence-electron chi connectivity index (χ0n) is 13.9. The summed E-state index contributed by atoms with van der Waals surface area (Å²) in [5.41, 5.74) is -0.441. The van der Waals surface area contributed by atoms with Crippen LogP contribution in [0.5, 0.6) is 0 Å². The normalized spacial score (nSPS) is 19.0. The second kappa shape index (κ2) is 6.85. The van der Waals surface area contributed by atoms with E-state index in [2.05, 4.69) is 29.4 Å². The van der Waals surface area contributed by atoms with E-state index in [1.54, 1.807) is 16.7 Å². The first-order valence-electron chi connectivity index (χ1n) is 7.65. The summed E-state index contributed by atoms with van der Waals surface area (Å²) in [4.78, 5) is 13.8. The molecule has 0 saturated carbocycles. The van der Waals surface area contributed by atoms with E-state index < -0.39 is 5.60 Å². The van der Waals surface area contributed by atoms with Gasteiger partial charge in [0.05, 0.1) is 6.04 Å². The van der Waals surface area contributed by atoms with Crippen LogP contribution in [0.1, 0.15) is 47.1 Å². The first kappa shape index (κ1) is 17.1. The molecule has 0 N–H and O–H groups in total. The number of hydrogen-bond donors (Lipinski definition) is 0. The number of amides is 1. The van der Waals surface area contributed by atoms with E-state index in [0.717, 1.165) is 30.4 Å². The Bertz CT molecular complexity index is 512. The molecule has 22 heavy (non-hydrogen) atoms. The minimum atomic E-state index is -0.441. The highest BCUT2D eigenvalue weighted by atomic mass is 32.2. The second-order valence-electron chi connectivity index (χ2n) is 6.89. The predicted octanol–water partition coefficient (Wildman–Crippen LogP) is 2.60. The van der Waals surface area contributed by atoms with E-state index >= 15 is 0 Å². The van der Waals surface area contributed by atoms with E-state index in [9.17, 15) is 4.79 Å². The van der Waals surface area contributed by atoms with Gasteiger partial charge in [0.2, 0.25) is 5.16 Å². The highest BCUT2D eigenvalue weighted by molar-refractivity contribution is 7.99. The number of tetrazole rings is 1. The lowest BCUT2D eigenvalue weighted by Crippen LogP contribution is -2.35. The number of rotatable bonds is 4. The van der Waals surface area contributed by atoms with Gasteiger partial charge in [-0.2, -0.15) is 0 Å². The molecule has 8 heteroatoms. The van der Waals surface area contributed by atoms with Crippen molar-refractivity contribution in [1.29, 1.82) is 0 Å². The Morgan fingerprint density at radius 1 is 1.45 bits per heavy atom. The zero-order valence-corrected chi connectivity index (χ0v) is 14.8. The fourth-order valence-electron chi connectivity index (χ4n) is 2.26. The van der Waals surface area contributed by atoms with Crippen LogP contribution in [0.15, 0.2) is 5.16 Å². The second-order valence-corrected chi connectivity index (χ2v) is 7.88. The molecule has 1 amide bonds. The van der Waals surface area contributed by atoms with Crippen molar-refractivity contribution in [1.82, 2.24) is 25.1 Å². The van der Waals surface area contributed by atoms with Crippen molar-refractivity contribution < 1.29 is 9.53 Å². The average Bonchev–Trinajstić information content (AvgIpc) is 3.03. The average molecular weight is 327 g/mol. The van der Waals surface area contributed by atoms with Gasteiger partial charge in [-0.3, -0.25) is 0 Å². The van der Waals surface area contributed by atoms with Crippen molar-refractivity contribution in [2.45, 2.75) is 57.8 Å². The fourth-order valence-corrected chi connectivity index (χ4v) is 3.39. The van der Waals surface area contributed by atoms with Gasteiger partial charge >= 0.3 is 6.09 Å². The van der Waals surface area contributed by atoms with Crippen LogP contribution in [0.4, 0.5) is 4.79 Å². The SMILES string of the molecule is CC(C)n1nnnc1SCC1CCN(C(=O)OC(C)(C)C)C1. The Morgan fingerprint density at radius 3 is 2.82 bits per heavy atom. The summed E-state index contributed by atoms with van der Waals surface area (Å²) in [7, 11) is 0. The van der Waals surface area contributed by atoms with E-state index in [0.29, 0.717) is 5.92 Å². The predicted molar refractivity (Wildman–Crippen MR) is 84.8 cm³/mol. The highest BCUT2D eigenvalue weighted by Gasteiger charge is 2.30. The maximum absolute atomic E-state index is 12.0. The van der Waals surface area contributed by atoms with Gasteiger partial charge < -0.3 is 9.64 Å². The van der Waals surface area contributed by atoms with E-state index in [4.69, 9.17) is 4.74 Å². The lowest BCUT2D eigenvalue weighted by molar-refractivity contribution is 0.0289. The number of carbonyl (C=O) groups is 1. The molecule has 1 aromatic rings. The third-order valence-corrected chi connectivity index (χ3v) is 4.50. The van der Waals surface area contributed by atoms with Gasteiger partial charge in [-0.15, -0.1) is 5.10 Å². The Kier molecular flexibility index (Phi) is 5.31. The van der Waals surface area contributed by atoms with Crippen LogP contribution in [0.25, 0.3) is 0 Å². The Labute approximate surface area is 135 Å². The largest absolute Gasteiger partial charge is 0.444 e. The fraction of sp³-hybridized carbons (Fsp3) is 0.857. The molecule has 1 fully saturated rings. The number of likely N-dealkylation sites (tertiary alicyclic amines) is 1. The Hall–Kier alpha value is -1.31. The van der Waals surface area contributed by atoms with Gasteiger partial charge in [-0.05, 0) is 57.4 Å². The molecule has 0 aliphatic carbocycles. The van der Waals surface area contributed by atoms with Crippen LogP contribution in [0.2, 0.25) is 0 Å². The molecule has 124 valence electrons. The molecule has 1 aliphatic rings. The molecule has 0 spiro atoms. The summed E-state index contributed by atoms with van der Waals surface area (Å²) < 4.78 is 7.24. The first-order valence-corrected chi connectivity index (χ1v) is 8.63. The molecule has 1 saturated heterocycles. The molecule has 2 heterocycles. The molecule has 0 radical (unpaired) electrons. The van der Waals surface area contributed by atoms with Crippen LogP contribution in [0.3, 0.4) is 0 Å². The molecule has 7 nitrogen and oxygen atoms in total. The number of ether oxygens (including phenoxy) is 1. The topological polar surface area (TPSA) is 73.1 Å². The molecule has 1 aliphatic heterocycles. The van der Waals surface area contributed by atoms with Crippen molar-refractivity contribution in [3.8, 4) is 0 Å². The highest BCUT2D eigenvalue weighted by Crippen LogP contribution is 2.26. The minimum absolute atomic E-state index is 0.216. The molecular formula is C14H25N5O2S. The lowest BCUT2D eigenvalue weighted by atomic mass is 10.2. The van der Waals surface area contributed by atoms with Crippen LogP contribution in [-0.2, 0) is 4.74 Å². The van der Waals surface area contributed by atoms with Gasteiger partial charge in [0.15, 0.2) is 0 Å². The number of thioether (sulfide) groups is 1. The summed E-state index contributed by atoms with van der Waals surface area (Å²) in [5, 5.41) is 12.6. The molecule has 1 aromatic heterocycles. The zero-order chi connectivity index (χ0) is 16.3. The smallest absolute Gasteiger partial charge is 0.410 e. The number of aromatic nitrogens is 4. The summed E-state index contributed by atoms with van der Waals surface area (Å²) in [6.45, 7) is 11.3. The molecule has 0 aromatic carbocycles. The van der Waals surface area contributed by atoms with Crippen LogP contribution in [0, 0.1) is 5.92 Å². The maximum atomic E-state index is 12.0. The van der Waals surface area contributed by atoms with Crippen LogP contribution < -0.4 is 0 Å². The third-order valence-electron chi connectivity index (χ3n) is 3.34. The summed E-state index contributed by atoms with van der Waals surface area (Å²) in [5.74, 6) is 1.36. The summed E-state index contributed by atoms with van der Waals surface area (Å²) in [6.07, 6.45) is 0.780.